The van der Waals surface area contributed by atoms with E-state index in [4.69, 9.17) is 4.74 Å². The van der Waals surface area contributed by atoms with E-state index in [1.807, 2.05) is 11.8 Å². The number of ether oxygens (including phenoxy) is 1. The second-order valence-electron chi connectivity index (χ2n) is 5.89. The molecule has 1 saturated carbocycles. The summed E-state index contributed by atoms with van der Waals surface area (Å²) in [6.45, 7) is 3.63. The van der Waals surface area contributed by atoms with Gasteiger partial charge in [0, 0.05) is 12.6 Å². The van der Waals surface area contributed by atoms with E-state index in [2.05, 4.69) is 5.10 Å². The fourth-order valence-corrected chi connectivity index (χ4v) is 3.03. The number of hydrogen-bond acceptors (Lipinski definition) is 4. The van der Waals surface area contributed by atoms with E-state index in [9.17, 15) is 9.59 Å². The van der Waals surface area contributed by atoms with Crippen LogP contribution in [0.5, 0.6) is 0 Å². The number of aryl methyl sites for hydroxylation is 1. The molecule has 1 aliphatic carbocycles. The molecule has 1 atom stereocenters. The quantitative estimate of drug-likeness (QED) is 0.817. The van der Waals surface area contributed by atoms with Crippen LogP contribution in [-0.4, -0.2) is 46.4 Å². The molecule has 1 saturated heterocycles. The topological polar surface area (TPSA) is 64.4 Å². The average molecular weight is 291 g/mol. The molecule has 1 aliphatic heterocycles. The van der Waals surface area contributed by atoms with E-state index in [0.29, 0.717) is 25.7 Å². The minimum Gasteiger partial charge on any atom is -0.377 e. The number of amides is 1. The molecule has 1 amide bonds. The zero-order valence-electron chi connectivity index (χ0n) is 12.3. The van der Waals surface area contributed by atoms with Crippen molar-refractivity contribution in [1.29, 1.82) is 0 Å². The monoisotopic (exact) mass is 291 g/mol. The molecule has 21 heavy (non-hydrogen) atoms. The molecule has 0 aromatic carbocycles. The van der Waals surface area contributed by atoms with Crippen LogP contribution in [0.2, 0.25) is 0 Å². The van der Waals surface area contributed by atoms with Gasteiger partial charge in [0.2, 0.25) is 5.91 Å². The molecule has 2 fully saturated rings. The maximum Gasteiger partial charge on any atom is 0.267 e. The number of morpholine rings is 1. The highest BCUT2D eigenvalue weighted by molar-refractivity contribution is 5.76. The molecule has 114 valence electrons. The molecule has 6 heteroatoms. The summed E-state index contributed by atoms with van der Waals surface area (Å²) in [5, 5.41) is 4.14. The van der Waals surface area contributed by atoms with Crippen molar-refractivity contribution in [1.82, 2.24) is 14.7 Å². The van der Waals surface area contributed by atoms with Crippen molar-refractivity contribution < 1.29 is 9.53 Å². The molecular weight excluding hydrogens is 270 g/mol. The molecule has 0 radical (unpaired) electrons. The fourth-order valence-electron chi connectivity index (χ4n) is 3.03. The summed E-state index contributed by atoms with van der Waals surface area (Å²) in [5.41, 5.74) is 0.502. The lowest BCUT2D eigenvalue weighted by atomic mass is 9.79. The molecule has 1 aromatic heterocycles. The van der Waals surface area contributed by atoms with Gasteiger partial charge in [-0.05, 0) is 31.7 Å². The van der Waals surface area contributed by atoms with Crippen molar-refractivity contribution in [3.8, 4) is 0 Å². The van der Waals surface area contributed by atoms with Crippen LogP contribution in [0, 0.1) is 12.8 Å². The molecule has 0 spiro atoms. The molecule has 3 rings (SSSR count). The third kappa shape index (κ3) is 3.00. The molecule has 2 heterocycles. The number of carbonyl (C=O) groups excluding carboxylic acids is 1. The molecule has 0 unspecified atom stereocenters. The van der Waals surface area contributed by atoms with Gasteiger partial charge in [-0.1, -0.05) is 6.42 Å². The van der Waals surface area contributed by atoms with Crippen molar-refractivity contribution in [2.75, 3.05) is 19.8 Å². The molecule has 0 bridgehead atoms. The Bertz CT molecular complexity index is 580. The number of aromatic nitrogens is 2. The Balaban J connectivity index is 1.73. The number of carbonyl (C=O) groups is 1. The highest BCUT2D eigenvalue weighted by Crippen LogP contribution is 2.33. The Labute approximate surface area is 123 Å². The standard InChI is InChI=1S/C15H21N3O3/c1-11-5-6-14(19)18(16-11)9-15(20)17-7-8-21-10-13(17)12-3-2-4-12/h5-6,12-13H,2-4,7-10H2,1H3/t13-/m0/s1. The van der Waals surface area contributed by atoms with Crippen LogP contribution in [0.4, 0.5) is 0 Å². The van der Waals surface area contributed by atoms with Gasteiger partial charge >= 0.3 is 0 Å². The van der Waals surface area contributed by atoms with Gasteiger partial charge in [-0.15, -0.1) is 0 Å². The molecular formula is C15H21N3O3. The minimum absolute atomic E-state index is 0.0176. The first kappa shape index (κ1) is 14.3. The smallest absolute Gasteiger partial charge is 0.267 e. The number of rotatable bonds is 3. The zero-order chi connectivity index (χ0) is 14.8. The first-order valence-electron chi connectivity index (χ1n) is 7.57. The van der Waals surface area contributed by atoms with Crippen LogP contribution >= 0.6 is 0 Å². The third-order valence-electron chi connectivity index (χ3n) is 4.46. The van der Waals surface area contributed by atoms with E-state index in [1.165, 1.54) is 30.0 Å². The first-order chi connectivity index (χ1) is 10.1. The summed E-state index contributed by atoms with van der Waals surface area (Å²) in [6.07, 6.45) is 3.57. The van der Waals surface area contributed by atoms with Crippen molar-refractivity contribution in [3.63, 3.8) is 0 Å². The minimum atomic E-state index is -0.234. The lowest BCUT2D eigenvalue weighted by Crippen LogP contribution is -2.54. The van der Waals surface area contributed by atoms with Crippen LogP contribution in [0.3, 0.4) is 0 Å². The Morgan fingerprint density at radius 1 is 1.43 bits per heavy atom. The summed E-state index contributed by atoms with van der Waals surface area (Å²) in [6, 6.07) is 3.29. The van der Waals surface area contributed by atoms with Gasteiger partial charge in [0.1, 0.15) is 6.54 Å². The highest BCUT2D eigenvalue weighted by atomic mass is 16.5. The van der Waals surface area contributed by atoms with Crippen molar-refractivity contribution in [2.45, 2.75) is 38.8 Å². The van der Waals surface area contributed by atoms with Gasteiger partial charge in [-0.3, -0.25) is 9.59 Å². The van der Waals surface area contributed by atoms with Crippen molar-refractivity contribution in [3.05, 3.63) is 28.2 Å². The predicted octanol–water partition coefficient (Wildman–Crippen LogP) is 0.579. The molecule has 1 aromatic rings. The van der Waals surface area contributed by atoms with Gasteiger partial charge in [0.25, 0.3) is 5.56 Å². The Kier molecular flexibility index (Phi) is 4.05. The summed E-state index contributed by atoms with van der Waals surface area (Å²) in [7, 11) is 0. The normalized spacial score (nSPS) is 22.9. The number of hydrogen-bond donors (Lipinski definition) is 0. The van der Waals surface area contributed by atoms with Gasteiger partial charge in [-0.2, -0.15) is 5.10 Å². The van der Waals surface area contributed by atoms with Gasteiger partial charge in [0.15, 0.2) is 0 Å². The molecule has 6 nitrogen and oxygen atoms in total. The van der Waals surface area contributed by atoms with E-state index in [0.717, 1.165) is 5.69 Å². The zero-order valence-corrected chi connectivity index (χ0v) is 12.3. The van der Waals surface area contributed by atoms with Crippen LogP contribution in [0.1, 0.15) is 25.0 Å². The van der Waals surface area contributed by atoms with E-state index < -0.39 is 0 Å². The lowest BCUT2D eigenvalue weighted by molar-refractivity contribution is -0.144. The second-order valence-corrected chi connectivity index (χ2v) is 5.89. The van der Waals surface area contributed by atoms with Gasteiger partial charge in [-0.25, -0.2) is 4.68 Å². The second kappa shape index (κ2) is 5.97. The lowest BCUT2D eigenvalue weighted by Gasteiger charge is -2.43. The average Bonchev–Trinajstić information content (AvgIpc) is 2.41. The SMILES string of the molecule is Cc1ccc(=O)n(CC(=O)N2CCOC[C@H]2C2CCC2)n1. The van der Waals surface area contributed by atoms with Crippen molar-refractivity contribution >= 4 is 5.91 Å². The Morgan fingerprint density at radius 3 is 2.95 bits per heavy atom. The Morgan fingerprint density at radius 2 is 2.24 bits per heavy atom. The summed E-state index contributed by atoms with van der Waals surface area (Å²) < 4.78 is 6.79. The van der Waals surface area contributed by atoms with Crippen molar-refractivity contribution in [2.24, 2.45) is 5.92 Å². The van der Waals surface area contributed by atoms with Crippen LogP contribution < -0.4 is 5.56 Å². The molecule has 0 N–H and O–H groups in total. The maximum atomic E-state index is 12.6. The number of nitrogens with zero attached hydrogens (tertiary/aromatic N) is 3. The van der Waals surface area contributed by atoms with Crippen LogP contribution in [0.25, 0.3) is 0 Å². The van der Waals surface area contributed by atoms with E-state index in [1.54, 1.807) is 6.07 Å². The summed E-state index contributed by atoms with van der Waals surface area (Å²) in [5.74, 6) is 0.520. The highest BCUT2D eigenvalue weighted by Gasteiger charge is 2.36. The third-order valence-corrected chi connectivity index (χ3v) is 4.46. The van der Waals surface area contributed by atoms with Crippen LogP contribution in [0.15, 0.2) is 16.9 Å². The maximum absolute atomic E-state index is 12.6. The van der Waals surface area contributed by atoms with Crippen LogP contribution in [-0.2, 0) is 16.1 Å². The van der Waals surface area contributed by atoms with E-state index >= 15 is 0 Å². The fraction of sp³-hybridized carbons (Fsp3) is 0.667. The largest absolute Gasteiger partial charge is 0.377 e. The van der Waals surface area contributed by atoms with Gasteiger partial charge < -0.3 is 9.64 Å². The van der Waals surface area contributed by atoms with E-state index in [-0.39, 0.29) is 24.1 Å². The summed E-state index contributed by atoms with van der Waals surface area (Å²) >= 11 is 0. The first-order valence-corrected chi connectivity index (χ1v) is 7.57. The molecule has 2 aliphatic rings. The predicted molar refractivity (Wildman–Crippen MR) is 76.9 cm³/mol. The summed E-state index contributed by atoms with van der Waals surface area (Å²) in [4.78, 5) is 26.2. The Hall–Kier alpha value is -1.69. The van der Waals surface area contributed by atoms with Gasteiger partial charge in [0.05, 0.1) is 24.9 Å².